The number of carbonyl (C=O) groups excluding carboxylic acids is 2. The van der Waals surface area contributed by atoms with E-state index in [-0.39, 0.29) is 35.9 Å². The Morgan fingerprint density at radius 2 is 1.77 bits per heavy atom. The summed E-state index contributed by atoms with van der Waals surface area (Å²) in [5.74, 6) is 1.14. The van der Waals surface area contributed by atoms with E-state index >= 15 is 0 Å². The van der Waals surface area contributed by atoms with E-state index in [0.29, 0.717) is 51.2 Å². The molecule has 40 heavy (non-hydrogen) atoms. The van der Waals surface area contributed by atoms with E-state index in [1.807, 2.05) is 28.0 Å². The molecule has 9 nitrogen and oxygen atoms in total. The zero-order valence-corrected chi connectivity index (χ0v) is 24.9. The topological polar surface area (TPSA) is 89.6 Å². The first kappa shape index (κ1) is 30.6. The molecule has 0 aromatic heterocycles. The molecule has 9 heteroatoms. The van der Waals surface area contributed by atoms with Gasteiger partial charge >= 0.3 is 6.09 Å². The van der Waals surface area contributed by atoms with Gasteiger partial charge in [0.15, 0.2) is 0 Å². The Morgan fingerprint density at radius 3 is 2.45 bits per heavy atom. The molecule has 0 unspecified atom stereocenters. The molecule has 1 N–H and O–H groups in total. The Balaban J connectivity index is 1.37. The largest absolute Gasteiger partial charge is 0.493 e. The predicted octanol–water partition coefficient (Wildman–Crippen LogP) is 4.13. The van der Waals surface area contributed by atoms with Crippen molar-refractivity contribution in [3.05, 3.63) is 29.3 Å². The number of carbonyl (C=O) groups is 2. The van der Waals surface area contributed by atoms with E-state index in [9.17, 15) is 9.59 Å². The standard InChI is InChI=1S/C31H49N3O6/c1-5-23-7-8-24(17-29(23)39-14-6-13-37-4)30(35)33(22(2)3)20-25-18-32-19-26(25)21-40-31(36)34(27-9-10-27)28-11-15-38-16-12-28/h7-8,17,22,25-28,32H,5-6,9-16,18-21H2,1-4H3/t25-,26-/m0/s1. The van der Waals surface area contributed by atoms with Gasteiger partial charge in [-0.1, -0.05) is 13.0 Å². The van der Waals surface area contributed by atoms with E-state index in [1.165, 1.54) is 0 Å². The summed E-state index contributed by atoms with van der Waals surface area (Å²) in [5, 5.41) is 3.46. The number of nitrogens with zero attached hydrogens (tertiary/aromatic N) is 2. The minimum atomic E-state index is -0.189. The van der Waals surface area contributed by atoms with E-state index in [4.69, 9.17) is 18.9 Å². The zero-order chi connectivity index (χ0) is 28.5. The molecule has 2 saturated heterocycles. The summed E-state index contributed by atoms with van der Waals surface area (Å²) in [6.07, 6.45) is 5.32. The highest BCUT2D eigenvalue weighted by atomic mass is 16.6. The van der Waals surface area contributed by atoms with Crippen LogP contribution in [0.1, 0.15) is 68.8 Å². The summed E-state index contributed by atoms with van der Waals surface area (Å²) in [6.45, 7) is 11.4. The SMILES string of the molecule is CCc1ccc(C(=O)N(C[C@@H]2CNC[C@H]2COC(=O)N(C2CCOCC2)C2CC2)C(C)C)cc1OCCCOC. The first-order valence-electron chi connectivity index (χ1n) is 15.2. The number of hydrogen-bond donors (Lipinski definition) is 1. The second-order valence-corrected chi connectivity index (χ2v) is 11.7. The van der Waals surface area contributed by atoms with Crippen LogP contribution in [0.5, 0.6) is 5.75 Å². The number of hydrogen-bond acceptors (Lipinski definition) is 7. The molecule has 1 aromatic carbocycles. The summed E-state index contributed by atoms with van der Waals surface area (Å²) in [6, 6.07) is 6.36. The Bertz CT molecular complexity index is 962. The van der Waals surface area contributed by atoms with Gasteiger partial charge in [-0.15, -0.1) is 0 Å². The highest BCUT2D eigenvalue weighted by Gasteiger charge is 2.40. The quantitative estimate of drug-likeness (QED) is 0.343. The maximum absolute atomic E-state index is 13.7. The molecule has 224 valence electrons. The van der Waals surface area contributed by atoms with Crippen LogP contribution in [-0.2, 0) is 20.6 Å². The van der Waals surface area contributed by atoms with Crippen molar-refractivity contribution in [2.24, 2.45) is 11.8 Å². The first-order chi connectivity index (χ1) is 19.4. The molecule has 0 bridgehead atoms. The second kappa shape index (κ2) is 15.0. The average Bonchev–Trinajstić information content (AvgIpc) is 3.69. The summed E-state index contributed by atoms with van der Waals surface area (Å²) < 4.78 is 22.6. The number of aryl methyl sites for hydroxylation is 1. The minimum absolute atomic E-state index is 0.00136. The van der Waals surface area contributed by atoms with Crippen molar-refractivity contribution in [1.29, 1.82) is 0 Å². The molecule has 4 rings (SSSR count). The molecule has 1 aromatic rings. The maximum atomic E-state index is 13.7. The number of amides is 2. The normalized spacial score (nSPS) is 21.4. The fourth-order valence-corrected chi connectivity index (χ4v) is 5.81. The second-order valence-electron chi connectivity index (χ2n) is 11.7. The van der Waals surface area contributed by atoms with Gasteiger partial charge in [0.25, 0.3) is 5.91 Å². The molecular weight excluding hydrogens is 510 g/mol. The smallest absolute Gasteiger partial charge is 0.410 e. The lowest BCUT2D eigenvalue weighted by molar-refractivity contribution is 0.0174. The fourth-order valence-electron chi connectivity index (χ4n) is 5.81. The maximum Gasteiger partial charge on any atom is 0.410 e. The van der Waals surface area contributed by atoms with E-state index in [1.54, 1.807) is 7.11 Å². The van der Waals surface area contributed by atoms with Crippen molar-refractivity contribution in [3.63, 3.8) is 0 Å². The van der Waals surface area contributed by atoms with Gasteiger partial charge in [0, 0.05) is 82.6 Å². The molecule has 1 saturated carbocycles. The predicted molar refractivity (Wildman–Crippen MR) is 154 cm³/mol. The molecule has 2 amide bonds. The third-order valence-electron chi connectivity index (χ3n) is 8.40. The summed E-state index contributed by atoms with van der Waals surface area (Å²) in [7, 11) is 1.68. The Morgan fingerprint density at radius 1 is 1.05 bits per heavy atom. The number of nitrogens with one attached hydrogen (secondary N) is 1. The monoisotopic (exact) mass is 559 g/mol. The highest BCUT2D eigenvalue weighted by molar-refractivity contribution is 5.95. The van der Waals surface area contributed by atoms with Crippen LogP contribution in [-0.4, -0.2) is 99.7 Å². The Labute approximate surface area is 239 Å². The first-order valence-corrected chi connectivity index (χ1v) is 15.2. The highest BCUT2D eigenvalue weighted by Crippen LogP contribution is 2.33. The summed E-state index contributed by atoms with van der Waals surface area (Å²) in [4.78, 5) is 30.8. The molecular formula is C31H49N3O6. The van der Waals surface area contributed by atoms with Crippen molar-refractivity contribution >= 4 is 12.0 Å². The van der Waals surface area contributed by atoms with Gasteiger partial charge < -0.3 is 34.1 Å². The van der Waals surface area contributed by atoms with Crippen LogP contribution in [0.15, 0.2) is 18.2 Å². The van der Waals surface area contributed by atoms with Gasteiger partial charge in [0.1, 0.15) is 5.75 Å². The zero-order valence-electron chi connectivity index (χ0n) is 24.9. The van der Waals surface area contributed by atoms with Crippen LogP contribution in [0.2, 0.25) is 0 Å². The lowest BCUT2D eigenvalue weighted by Crippen LogP contribution is -2.46. The van der Waals surface area contributed by atoms with Crippen molar-refractivity contribution in [2.75, 3.05) is 59.8 Å². The van der Waals surface area contributed by atoms with Gasteiger partial charge in [0.05, 0.1) is 13.2 Å². The molecule has 1 aliphatic carbocycles. The summed E-state index contributed by atoms with van der Waals surface area (Å²) in [5.41, 5.74) is 1.73. The van der Waals surface area contributed by atoms with Crippen LogP contribution in [0.4, 0.5) is 4.79 Å². The Hall–Kier alpha value is -2.36. The molecule has 0 spiro atoms. The number of rotatable bonds is 14. The number of methoxy groups -OCH3 is 1. The van der Waals surface area contributed by atoms with Crippen LogP contribution in [0.25, 0.3) is 0 Å². The van der Waals surface area contributed by atoms with Gasteiger partial charge in [0.2, 0.25) is 0 Å². The van der Waals surface area contributed by atoms with Crippen molar-refractivity contribution in [3.8, 4) is 5.75 Å². The molecule has 3 fully saturated rings. The van der Waals surface area contributed by atoms with Gasteiger partial charge in [-0.2, -0.15) is 0 Å². The van der Waals surface area contributed by atoms with Crippen LogP contribution < -0.4 is 10.1 Å². The molecule has 0 radical (unpaired) electrons. The van der Waals surface area contributed by atoms with Gasteiger partial charge in [-0.3, -0.25) is 4.79 Å². The van der Waals surface area contributed by atoms with E-state index < -0.39 is 0 Å². The molecule has 2 aliphatic heterocycles. The number of benzene rings is 1. The van der Waals surface area contributed by atoms with Crippen LogP contribution in [0, 0.1) is 11.8 Å². The summed E-state index contributed by atoms with van der Waals surface area (Å²) >= 11 is 0. The lowest BCUT2D eigenvalue weighted by atomic mass is 9.95. The van der Waals surface area contributed by atoms with E-state index in [2.05, 4.69) is 26.1 Å². The van der Waals surface area contributed by atoms with Crippen molar-refractivity contribution in [1.82, 2.24) is 15.1 Å². The lowest BCUT2D eigenvalue weighted by Gasteiger charge is -2.34. The minimum Gasteiger partial charge on any atom is -0.493 e. The molecule has 3 aliphatic rings. The van der Waals surface area contributed by atoms with E-state index in [0.717, 1.165) is 62.9 Å². The third-order valence-corrected chi connectivity index (χ3v) is 8.40. The molecule has 2 heterocycles. The van der Waals surface area contributed by atoms with Crippen LogP contribution in [0.3, 0.4) is 0 Å². The van der Waals surface area contributed by atoms with Gasteiger partial charge in [-0.05, 0) is 69.6 Å². The van der Waals surface area contributed by atoms with Gasteiger partial charge in [-0.25, -0.2) is 4.79 Å². The Kier molecular flexibility index (Phi) is 11.5. The fraction of sp³-hybridized carbons (Fsp3) is 0.742. The number of ether oxygens (including phenoxy) is 4. The van der Waals surface area contributed by atoms with Crippen LogP contribution >= 0.6 is 0 Å². The third kappa shape index (κ3) is 8.10. The molecule has 2 atom stereocenters. The van der Waals surface area contributed by atoms with Crippen molar-refractivity contribution < 1.29 is 28.5 Å². The average molecular weight is 560 g/mol. The van der Waals surface area contributed by atoms with Crippen molar-refractivity contribution in [2.45, 2.75) is 77.4 Å².